The maximum Gasteiger partial charge on any atom is 0.330 e. The fourth-order valence-electron chi connectivity index (χ4n) is 1.91. The quantitative estimate of drug-likeness (QED) is 0.601. The van der Waals surface area contributed by atoms with Gasteiger partial charge in [0, 0.05) is 16.8 Å². The molecule has 2 rings (SSSR count). The van der Waals surface area contributed by atoms with Crippen LogP contribution in [0, 0.1) is 0 Å². The zero-order valence-electron chi connectivity index (χ0n) is 13.7. The van der Waals surface area contributed by atoms with Gasteiger partial charge in [-0.05, 0) is 55.0 Å². The number of anilines is 1. The molecule has 1 N–H and O–H groups in total. The van der Waals surface area contributed by atoms with E-state index in [1.807, 2.05) is 0 Å². The van der Waals surface area contributed by atoms with Gasteiger partial charge in [0.15, 0.2) is 6.61 Å². The van der Waals surface area contributed by atoms with E-state index in [0.717, 1.165) is 5.56 Å². The van der Waals surface area contributed by atoms with Crippen LogP contribution in [-0.2, 0) is 14.3 Å². The molecule has 0 spiro atoms. The maximum absolute atomic E-state index is 11.9. The van der Waals surface area contributed by atoms with Gasteiger partial charge in [-0.1, -0.05) is 23.7 Å². The van der Waals surface area contributed by atoms with Crippen molar-refractivity contribution in [2.75, 3.05) is 18.5 Å². The average Bonchev–Trinajstić information content (AvgIpc) is 2.61. The van der Waals surface area contributed by atoms with Crippen molar-refractivity contribution in [2.24, 2.45) is 0 Å². The minimum Gasteiger partial charge on any atom is -0.484 e. The SMILES string of the molecule is CCOC(=O)/C=C/c1ccc(NC(=O)COc2ccc(Cl)cc2)cc1. The summed E-state index contributed by atoms with van der Waals surface area (Å²) in [4.78, 5) is 23.1. The summed E-state index contributed by atoms with van der Waals surface area (Å²) in [7, 11) is 0. The van der Waals surface area contributed by atoms with Crippen molar-refractivity contribution >= 4 is 35.2 Å². The second-order valence-corrected chi connectivity index (χ2v) is 5.43. The molecule has 0 saturated heterocycles. The molecule has 2 aromatic rings. The number of rotatable bonds is 7. The predicted molar refractivity (Wildman–Crippen MR) is 97.7 cm³/mol. The molecule has 0 bridgehead atoms. The van der Waals surface area contributed by atoms with Gasteiger partial charge >= 0.3 is 5.97 Å². The Labute approximate surface area is 151 Å². The lowest BCUT2D eigenvalue weighted by molar-refractivity contribution is -0.137. The fourth-order valence-corrected chi connectivity index (χ4v) is 2.03. The van der Waals surface area contributed by atoms with Gasteiger partial charge in [-0.2, -0.15) is 0 Å². The van der Waals surface area contributed by atoms with Crippen molar-refractivity contribution in [3.8, 4) is 5.75 Å². The van der Waals surface area contributed by atoms with Gasteiger partial charge in [-0.25, -0.2) is 4.79 Å². The Hall–Kier alpha value is -2.79. The van der Waals surface area contributed by atoms with Crippen LogP contribution in [0.5, 0.6) is 5.75 Å². The highest BCUT2D eigenvalue weighted by Gasteiger charge is 2.04. The molecule has 0 aliphatic rings. The number of hydrogen-bond acceptors (Lipinski definition) is 4. The highest BCUT2D eigenvalue weighted by molar-refractivity contribution is 6.30. The van der Waals surface area contributed by atoms with E-state index in [2.05, 4.69) is 5.32 Å². The topological polar surface area (TPSA) is 64.6 Å². The van der Waals surface area contributed by atoms with E-state index in [4.69, 9.17) is 21.1 Å². The molecule has 0 unspecified atom stereocenters. The third-order valence-electron chi connectivity index (χ3n) is 3.08. The zero-order chi connectivity index (χ0) is 18.1. The predicted octanol–water partition coefficient (Wildman–Crippen LogP) is 3.93. The Balaban J connectivity index is 1.82. The molecule has 5 nitrogen and oxygen atoms in total. The van der Waals surface area contributed by atoms with Crippen molar-refractivity contribution in [3.63, 3.8) is 0 Å². The van der Waals surface area contributed by atoms with E-state index in [9.17, 15) is 9.59 Å². The van der Waals surface area contributed by atoms with E-state index in [0.29, 0.717) is 23.1 Å². The molecular formula is C19H18ClNO4. The molecule has 0 saturated carbocycles. The maximum atomic E-state index is 11.9. The average molecular weight is 360 g/mol. The Bertz CT molecular complexity index is 739. The van der Waals surface area contributed by atoms with Crippen LogP contribution >= 0.6 is 11.6 Å². The normalized spacial score (nSPS) is 10.5. The Morgan fingerprint density at radius 1 is 1.08 bits per heavy atom. The van der Waals surface area contributed by atoms with Crippen LogP contribution in [0.25, 0.3) is 6.08 Å². The van der Waals surface area contributed by atoms with Gasteiger partial charge in [0.1, 0.15) is 5.75 Å². The van der Waals surface area contributed by atoms with Crippen molar-refractivity contribution in [3.05, 3.63) is 65.2 Å². The van der Waals surface area contributed by atoms with Gasteiger partial charge in [-0.15, -0.1) is 0 Å². The summed E-state index contributed by atoms with van der Waals surface area (Å²) in [5.74, 6) is -0.0945. The third-order valence-corrected chi connectivity index (χ3v) is 3.33. The van der Waals surface area contributed by atoms with E-state index < -0.39 is 0 Å². The molecule has 0 aliphatic heterocycles. The van der Waals surface area contributed by atoms with Crippen LogP contribution in [0.1, 0.15) is 12.5 Å². The first-order valence-corrected chi connectivity index (χ1v) is 8.07. The van der Waals surface area contributed by atoms with E-state index >= 15 is 0 Å². The first-order chi connectivity index (χ1) is 12.1. The lowest BCUT2D eigenvalue weighted by Crippen LogP contribution is -2.20. The number of nitrogens with one attached hydrogen (secondary N) is 1. The molecule has 2 aromatic carbocycles. The van der Waals surface area contributed by atoms with E-state index in [-0.39, 0.29) is 18.5 Å². The first kappa shape index (κ1) is 18.5. The molecule has 0 aliphatic carbocycles. The number of benzene rings is 2. The third kappa shape index (κ3) is 6.69. The molecule has 0 radical (unpaired) electrons. The van der Waals surface area contributed by atoms with Crippen molar-refractivity contribution in [2.45, 2.75) is 6.92 Å². The monoisotopic (exact) mass is 359 g/mol. The van der Waals surface area contributed by atoms with Crippen molar-refractivity contribution in [1.82, 2.24) is 0 Å². The molecule has 0 fully saturated rings. The Morgan fingerprint density at radius 2 is 1.76 bits per heavy atom. The fraction of sp³-hybridized carbons (Fsp3) is 0.158. The van der Waals surface area contributed by atoms with Gasteiger partial charge in [0.2, 0.25) is 0 Å². The smallest absolute Gasteiger partial charge is 0.330 e. The summed E-state index contributed by atoms with van der Waals surface area (Å²) in [5, 5.41) is 3.34. The Morgan fingerprint density at radius 3 is 2.40 bits per heavy atom. The number of halogens is 1. The summed E-state index contributed by atoms with van der Waals surface area (Å²) in [6, 6.07) is 13.8. The summed E-state index contributed by atoms with van der Waals surface area (Å²) in [6.45, 7) is 1.98. The van der Waals surface area contributed by atoms with Crippen molar-refractivity contribution < 1.29 is 19.1 Å². The molecule has 130 valence electrons. The number of esters is 1. The number of amides is 1. The number of carbonyl (C=O) groups is 2. The minimum atomic E-state index is -0.390. The molecule has 0 atom stereocenters. The van der Waals surface area contributed by atoms with Crippen LogP contribution in [0.4, 0.5) is 5.69 Å². The van der Waals surface area contributed by atoms with Gasteiger partial charge < -0.3 is 14.8 Å². The summed E-state index contributed by atoms with van der Waals surface area (Å²) < 4.78 is 10.2. The van der Waals surface area contributed by atoms with Crippen molar-refractivity contribution in [1.29, 1.82) is 0 Å². The Kier molecular flexibility index (Phi) is 7.04. The van der Waals surface area contributed by atoms with Crippen LogP contribution < -0.4 is 10.1 Å². The van der Waals surface area contributed by atoms with E-state index in [1.54, 1.807) is 61.5 Å². The number of hydrogen-bond donors (Lipinski definition) is 1. The highest BCUT2D eigenvalue weighted by atomic mass is 35.5. The molecule has 6 heteroatoms. The second kappa shape index (κ2) is 9.49. The lowest BCUT2D eigenvalue weighted by Gasteiger charge is -2.08. The second-order valence-electron chi connectivity index (χ2n) is 5.00. The molecule has 0 heterocycles. The largest absolute Gasteiger partial charge is 0.484 e. The first-order valence-electron chi connectivity index (χ1n) is 7.70. The zero-order valence-corrected chi connectivity index (χ0v) is 14.5. The highest BCUT2D eigenvalue weighted by Crippen LogP contribution is 2.16. The standard InChI is InChI=1S/C19H18ClNO4/c1-2-24-19(23)12-5-14-3-8-16(9-4-14)21-18(22)13-25-17-10-6-15(20)7-11-17/h3-12H,2,13H2,1H3,(H,21,22)/b12-5+. The summed E-state index contributed by atoms with van der Waals surface area (Å²) in [6.07, 6.45) is 3.00. The molecule has 0 aromatic heterocycles. The van der Waals surface area contributed by atoms with Crippen LogP contribution in [0.15, 0.2) is 54.6 Å². The number of carbonyl (C=O) groups excluding carboxylic acids is 2. The lowest BCUT2D eigenvalue weighted by atomic mass is 10.2. The van der Waals surface area contributed by atoms with Gasteiger partial charge in [-0.3, -0.25) is 4.79 Å². The van der Waals surface area contributed by atoms with Crippen LogP contribution in [0.2, 0.25) is 5.02 Å². The molecule has 1 amide bonds. The molecular weight excluding hydrogens is 342 g/mol. The van der Waals surface area contributed by atoms with E-state index in [1.165, 1.54) is 6.08 Å². The summed E-state index contributed by atoms with van der Waals surface area (Å²) in [5.41, 5.74) is 1.46. The van der Waals surface area contributed by atoms with Gasteiger partial charge in [0.25, 0.3) is 5.91 Å². The van der Waals surface area contributed by atoms with Crippen LogP contribution in [0.3, 0.4) is 0 Å². The van der Waals surface area contributed by atoms with Crippen LogP contribution in [-0.4, -0.2) is 25.1 Å². The minimum absolute atomic E-state index is 0.105. The summed E-state index contributed by atoms with van der Waals surface area (Å²) >= 11 is 5.78. The number of ether oxygens (including phenoxy) is 2. The van der Waals surface area contributed by atoms with Gasteiger partial charge in [0.05, 0.1) is 6.61 Å². The molecule has 25 heavy (non-hydrogen) atoms.